The number of hydrogen-bond acceptors (Lipinski definition) is 2. The number of hydrogen-bond donors (Lipinski definition) is 2. The zero-order chi connectivity index (χ0) is 11.5. The van der Waals surface area contributed by atoms with Crippen LogP contribution in [-0.2, 0) is 4.79 Å². The highest BCUT2D eigenvalue weighted by Crippen LogP contribution is 2.20. The molecule has 0 saturated heterocycles. The van der Waals surface area contributed by atoms with E-state index in [1.807, 2.05) is 0 Å². The van der Waals surface area contributed by atoms with E-state index in [-0.39, 0.29) is 11.3 Å². The molecule has 0 spiro atoms. The lowest BCUT2D eigenvalue weighted by molar-refractivity contribution is -0.123. The van der Waals surface area contributed by atoms with Gasteiger partial charge in [-0.3, -0.25) is 4.79 Å². The fraction of sp³-hybridized carbons (Fsp3) is 0.917. The van der Waals surface area contributed by atoms with Gasteiger partial charge < -0.3 is 11.1 Å². The van der Waals surface area contributed by atoms with Gasteiger partial charge in [0.05, 0.1) is 0 Å². The lowest BCUT2D eigenvalue weighted by Crippen LogP contribution is -2.41. The minimum atomic E-state index is 0.0785. The molecule has 0 heterocycles. The van der Waals surface area contributed by atoms with Crippen LogP contribution in [0.1, 0.15) is 52.9 Å². The molecule has 3 nitrogen and oxygen atoms in total. The summed E-state index contributed by atoms with van der Waals surface area (Å²) in [5, 5.41) is 3.10. The Balaban J connectivity index is 2.27. The molecular formula is C12H24N2O. The van der Waals surface area contributed by atoms with Crippen LogP contribution in [0.5, 0.6) is 0 Å². The minimum absolute atomic E-state index is 0.0785. The van der Waals surface area contributed by atoms with Crippen LogP contribution in [0, 0.1) is 5.41 Å². The summed E-state index contributed by atoms with van der Waals surface area (Å²) in [4.78, 5) is 11.7. The Labute approximate surface area is 92.8 Å². The second-order valence-corrected chi connectivity index (χ2v) is 5.92. The van der Waals surface area contributed by atoms with Crippen molar-refractivity contribution in [2.24, 2.45) is 11.1 Å². The number of rotatable bonds is 2. The monoisotopic (exact) mass is 212 g/mol. The first-order valence-corrected chi connectivity index (χ1v) is 5.92. The van der Waals surface area contributed by atoms with E-state index in [4.69, 9.17) is 5.73 Å². The Kier molecular flexibility index (Phi) is 4.14. The summed E-state index contributed by atoms with van der Waals surface area (Å²) >= 11 is 0. The van der Waals surface area contributed by atoms with Gasteiger partial charge in [0.15, 0.2) is 0 Å². The van der Waals surface area contributed by atoms with Crippen molar-refractivity contribution in [3.05, 3.63) is 0 Å². The Morgan fingerprint density at radius 3 is 2.27 bits per heavy atom. The smallest absolute Gasteiger partial charge is 0.220 e. The van der Waals surface area contributed by atoms with Crippen LogP contribution < -0.4 is 11.1 Å². The molecule has 15 heavy (non-hydrogen) atoms. The number of carbonyl (C=O) groups excluding carboxylic acids is 1. The standard InChI is InChI=1S/C12H24N2O/c1-12(2,3)8-11(15)14-10-6-4-9(13)5-7-10/h9-10H,4-8,13H2,1-3H3,(H,14,15). The summed E-state index contributed by atoms with van der Waals surface area (Å²) in [5.74, 6) is 0.183. The third-order valence-corrected chi connectivity index (χ3v) is 2.83. The average molecular weight is 212 g/mol. The summed E-state index contributed by atoms with van der Waals surface area (Å²) in [6, 6.07) is 0.709. The van der Waals surface area contributed by atoms with Gasteiger partial charge in [-0.05, 0) is 31.1 Å². The molecule has 1 aliphatic carbocycles. The molecule has 1 rings (SSSR count). The van der Waals surface area contributed by atoms with Gasteiger partial charge in [-0.25, -0.2) is 0 Å². The molecule has 88 valence electrons. The zero-order valence-electron chi connectivity index (χ0n) is 10.2. The van der Waals surface area contributed by atoms with Crippen LogP contribution in [0.4, 0.5) is 0 Å². The highest BCUT2D eigenvalue weighted by atomic mass is 16.1. The fourth-order valence-corrected chi connectivity index (χ4v) is 2.02. The van der Waals surface area contributed by atoms with Crippen LogP contribution in [-0.4, -0.2) is 18.0 Å². The SMILES string of the molecule is CC(C)(C)CC(=O)NC1CCC(N)CC1. The van der Waals surface area contributed by atoms with Crippen molar-refractivity contribution < 1.29 is 4.79 Å². The van der Waals surface area contributed by atoms with Crippen molar-refractivity contribution in [1.29, 1.82) is 0 Å². The number of carbonyl (C=O) groups is 1. The van der Waals surface area contributed by atoms with Crippen LogP contribution in [0.15, 0.2) is 0 Å². The quantitative estimate of drug-likeness (QED) is 0.733. The summed E-state index contributed by atoms with van der Waals surface area (Å²) in [5.41, 5.74) is 5.90. The Morgan fingerprint density at radius 2 is 1.80 bits per heavy atom. The van der Waals surface area contributed by atoms with E-state index in [9.17, 15) is 4.79 Å². The maximum atomic E-state index is 11.7. The first-order valence-electron chi connectivity index (χ1n) is 5.92. The molecule has 0 bridgehead atoms. The maximum absolute atomic E-state index is 11.7. The van der Waals surface area contributed by atoms with Gasteiger partial charge in [0.2, 0.25) is 5.91 Å². The van der Waals surface area contributed by atoms with Gasteiger partial charge >= 0.3 is 0 Å². The van der Waals surface area contributed by atoms with E-state index >= 15 is 0 Å². The Morgan fingerprint density at radius 1 is 1.27 bits per heavy atom. The molecule has 1 amide bonds. The van der Waals surface area contributed by atoms with E-state index in [0.29, 0.717) is 18.5 Å². The summed E-state index contributed by atoms with van der Waals surface area (Å²) in [7, 11) is 0. The van der Waals surface area contributed by atoms with E-state index in [1.165, 1.54) is 0 Å². The summed E-state index contributed by atoms with van der Waals surface area (Å²) < 4.78 is 0. The Bertz CT molecular complexity index is 212. The first kappa shape index (κ1) is 12.5. The zero-order valence-corrected chi connectivity index (χ0v) is 10.2. The Hall–Kier alpha value is -0.570. The molecule has 0 aromatic rings. The van der Waals surface area contributed by atoms with Crippen molar-refractivity contribution >= 4 is 5.91 Å². The predicted molar refractivity (Wildman–Crippen MR) is 62.4 cm³/mol. The highest BCUT2D eigenvalue weighted by Gasteiger charge is 2.22. The van der Waals surface area contributed by atoms with Gasteiger partial charge in [-0.1, -0.05) is 20.8 Å². The third-order valence-electron chi connectivity index (χ3n) is 2.83. The van der Waals surface area contributed by atoms with E-state index in [1.54, 1.807) is 0 Å². The van der Waals surface area contributed by atoms with E-state index in [0.717, 1.165) is 25.7 Å². The van der Waals surface area contributed by atoms with Crippen LogP contribution in [0.2, 0.25) is 0 Å². The molecule has 0 unspecified atom stereocenters. The minimum Gasteiger partial charge on any atom is -0.353 e. The molecule has 1 aliphatic rings. The topological polar surface area (TPSA) is 55.1 Å². The molecule has 1 saturated carbocycles. The molecule has 0 aliphatic heterocycles. The normalized spacial score (nSPS) is 27.5. The fourth-order valence-electron chi connectivity index (χ4n) is 2.02. The van der Waals surface area contributed by atoms with Crippen molar-refractivity contribution in [3.63, 3.8) is 0 Å². The molecule has 1 fully saturated rings. The van der Waals surface area contributed by atoms with Gasteiger partial charge in [0.25, 0.3) is 0 Å². The maximum Gasteiger partial charge on any atom is 0.220 e. The van der Waals surface area contributed by atoms with Crippen LogP contribution in [0.3, 0.4) is 0 Å². The van der Waals surface area contributed by atoms with Gasteiger partial charge in [-0.15, -0.1) is 0 Å². The largest absolute Gasteiger partial charge is 0.353 e. The molecule has 0 aromatic carbocycles. The average Bonchev–Trinajstić information content (AvgIpc) is 2.05. The third kappa shape index (κ3) is 5.17. The first-order chi connectivity index (χ1) is 6.87. The second kappa shape index (κ2) is 4.97. The molecule has 3 N–H and O–H groups in total. The molecule has 0 radical (unpaired) electrons. The van der Waals surface area contributed by atoms with Crippen LogP contribution >= 0.6 is 0 Å². The summed E-state index contributed by atoms with van der Waals surface area (Å²) in [6.07, 6.45) is 4.77. The molecule has 0 atom stereocenters. The van der Waals surface area contributed by atoms with Gasteiger partial charge in [0.1, 0.15) is 0 Å². The van der Waals surface area contributed by atoms with E-state index < -0.39 is 0 Å². The lowest BCUT2D eigenvalue weighted by Gasteiger charge is -2.28. The van der Waals surface area contributed by atoms with Gasteiger partial charge in [-0.2, -0.15) is 0 Å². The lowest BCUT2D eigenvalue weighted by atomic mass is 9.89. The van der Waals surface area contributed by atoms with Crippen LogP contribution in [0.25, 0.3) is 0 Å². The summed E-state index contributed by atoms with van der Waals surface area (Å²) in [6.45, 7) is 6.26. The molecule has 3 heteroatoms. The predicted octanol–water partition coefficient (Wildman–Crippen LogP) is 1.81. The second-order valence-electron chi connectivity index (χ2n) is 5.92. The van der Waals surface area contributed by atoms with Gasteiger partial charge in [0, 0.05) is 18.5 Å². The molecular weight excluding hydrogens is 188 g/mol. The van der Waals surface area contributed by atoms with E-state index in [2.05, 4.69) is 26.1 Å². The number of amides is 1. The van der Waals surface area contributed by atoms with Crippen molar-refractivity contribution in [3.8, 4) is 0 Å². The highest BCUT2D eigenvalue weighted by molar-refractivity contribution is 5.76. The van der Waals surface area contributed by atoms with Crippen molar-refractivity contribution in [2.75, 3.05) is 0 Å². The van der Waals surface area contributed by atoms with Crippen molar-refractivity contribution in [1.82, 2.24) is 5.32 Å². The molecule has 0 aromatic heterocycles. The number of nitrogens with two attached hydrogens (primary N) is 1. The van der Waals surface area contributed by atoms with Crippen molar-refractivity contribution in [2.45, 2.75) is 65.0 Å². The number of nitrogens with one attached hydrogen (secondary N) is 1.